The van der Waals surface area contributed by atoms with Crippen LogP contribution in [0.3, 0.4) is 0 Å². The fraction of sp³-hybridized carbons (Fsp3) is 0.583. The smallest absolute Gasteiger partial charge is 0.433 e. The van der Waals surface area contributed by atoms with E-state index in [-0.39, 0.29) is 17.8 Å². The van der Waals surface area contributed by atoms with Crippen LogP contribution >= 0.6 is 0 Å². The molecule has 0 spiro atoms. The number of aliphatic carboxylic acids is 1. The van der Waals surface area contributed by atoms with E-state index >= 15 is 0 Å². The lowest BCUT2D eigenvalue weighted by molar-refractivity contribution is -0.402. The van der Waals surface area contributed by atoms with Gasteiger partial charge in [-0.25, -0.2) is 0 Å². The van der Waals surface area contributed by atoms with E-state index in [4.69, 9.17) is 9.52 Å². The van der Waals surface area contributed by atoms with E-state index in [0.717, 1.165) is 19.3 Å². The number of rotatable bonds is 5. The second-order valence-electron chi connectivity index (χ2n) is 4.78. The number of nitro groups is 1. The molecule has 7 heteroatoms. The Morgan fingerprint density at radius 2 is 2.32 bits per heavy atom. The average Bonchev–Trinajstić information content (AvgIpc) is 2.85. The number of nitrogens with one attached hydrogen (secondary N) is 1. The van der Waals surface area contributed by atoms with Gasteiger partial charge in [-0.15, -0.1) is 0 Å². The summed E-state index contributed by atoms with van der Waals surface area (Å²) in [4.78, 5) is 20.8. The number of hydrogen-bond donors (Lipinski definition) is 2. The highest BCUT2D eigenvalue weighted by Gasteiger charge is 2.26. The highest BCUT2D eigenvalue weighted by Crippen LogP contribution is 2.25. The molecule has 7 nitrogen and oxygen atoms in total. The van der Waals surface area contributed by atoms with E-state index < -0.39 is 10.9 Å². The molecule has 2 atom stereocenters. The molecule has 1 aliphatic carbocycles. The van der Waals surface area contributed by atoms with Gasteiger partial charge >= 0.3 is 11.9 Å². The molecule has 0 saturated heterocycles. The average molecular weight is 268 g/mol. The van der Waals surface area contributed by atoms with Crippen molar-refractivity contribution >= 4 is 11.9 Å². The van der Waals surface area contributed by atoms with Crippen LogP contribution in [-0.2, 0) is 11.3 Å². The molecule has 0 radical (unpaired) electrons. The Morgan fingerprint density at radius 1 is 1.53 bits per heavy atom. The van der Waals surface area contributed by atoms with E-state index in [1.54, 1.807) is 6.07 Å². The van der Waals surface area contributed by atoms with Crippen molar-refractivity contribution < 1.29 is 19.2 Å². The summed E-state index contributed by atoms with van der Waals surface area (Å²) in [5.74, 6) is -0.828. The first-order valence-electron chi connectivity index (χ1n) is 6.25. The monoisotopic (exact) mass is 268 g/mol. The van der Waals surface area contributed by atoms with E-state index in [2.05, 4.69) is 5.32 Å². The number of nitrogens with zero attached hydrogens (tertiary/aromatic N) is 1. The summed E-state index contributed by atoms with van der Waals surface area (Å²) in [5.41, 5.74) is 0. The SMILES string of the molecule is O=C(O)C1CCCC(NCc2ccc([N+](=O)[O-])o2)C1. The highest BCUT2D eigenvalue weighted by atomic mass is 16.6. The van der Waals surface area contributed by atoms with E-state index in [1.807, 2.05) is 0 Å². The molecule has 2 unspecified atom stereocenters. The van der Waals surface area contributed by atoms with Gasteiger partial charge in [0.05, 0.1) is 18.5 Å². The maximum Gasteiger partial charge on any atom is 0.433 e. The molecule has 2 rings (SSSR count). The van der Waals surface area contributed by atoms with Crippen LogP contribution in [0.25, 0.3) is 0 Å². The van der Waals surface area contributed by atoms with Crippen LogP contribution in [0.5, 0.6) is 0 Å². The van der Waals surface area contributed by atoms with Crippen molar-refractivity contribution in [1.29, 1.82) is 0 Å². The molecule has 1 aliphatic rings. The van der Waals surface area contributed by atoms with Crippen molar-refractivity contribution in [3.63, 3.8) is 0 Å². The minimum absolute atomic E-state index is 0.124. The minimum atomic E-state index is -0.750. The Bertz CT molecular complexity index is 470. The fourth-order valence-corrected chi connectivity index (χ4v) is 2.40. The third-order valence-corrected chi connectivity index (χ3v) is 3.42. The molecular weight excluding hydrogens is 252 g/mol. The molecule has 1 aromatic rings. The Balaban J connectivity index is 1.84. The molecule has 1 aromatic heterocycles. The summed E-state index contributed by atoms with van der Waals surface area (Å²) in [7, 11) is 0. The summed E-state index contributed by atoms with van der Waals surface area (Å²) in [6, 6.07) is 3.00. The lowest BCUT2D eigenvalue weighted by atomic mass is 9.86. The molecule has 19 heavy (non-hydrogen) atoms. The number of carboxylic acid groups (broad SMARTS) is 1. The maximum absolute atomic E-state index is 10.9. The van der Waals surface area contributed by atoms with Crippen molar-refractivity contribution in [2.24, 2.45) is 5.92 Å². The number of furan rings is 1. The number of carbonyl (C=O) groups is 1. The summed E-state index contributed by atoms with van der Waals surface area (Å²) >= 11 is 0. The second kappa shape index (κ2) is 5.83. The van der Waals surface area contributed by atoms with Crippen LogP contribution in [0.4, 0.5) is 5.88 Å². The highest BCUT2D eigenvalue weighted by molar-refractivity contribution is 5.70. The van der Waals surface area contributed by atoms with Crippen molar-refractivity contribution in [2.75, 3.05) is 0 Å². The molecule has 104 valence electrons. The largest absolute Gasteiger partial charge is 0.481 e. The number of carboxylic acids is 1. The third-order valence-electron chi connectivity index (χ3n) is 3.42. The van der Waals surface area contributed by atoms with Gasteiger partial charge in [0.1, 0.15) is 10.7 Å². The van der Waals surface area contributed by atoms with Crippen molar-refractivity contribution in [1.82, 2.24) is 5.32 Å². The normalized spacial score (nSPS) is 23.2. The Morgan fingerprint density at radius 3 is 2.95 bits per heavy atom. The zero-order chi connectivity index (χ0) is 13.8. The zero-order valence-corrected chi connectivity index (χ0v) is 10.4. The Hall–Kier alpha value is -1.89. The van der Waals surface area contributed by atoms with Gasteiger partial charge in [-0.2, -0.15) is 0 Å². The molecule has 0 bridgehead atoms. The summed E-state index contributed by atoms with van der Waals surface area (Å²) in [6.07, 6.45) is 3.12. The molecule has 0 aliphatic heterocycles. The number of hydrogen-bond acceptors (Lipinski definition) is 5. The Kier molecular flexibility index (Phi) is 4.16. The van der Waals surface area contributed by atoms with Crippen LogP contribution < -0.4 is 5.32 Å². The van der Waals surface area contributed by atoms with E-state index in [9.17, 15) is 14.9 Å². The van der Waals surface area contributed by atoms with Gasteiger partial charge in [-0.1, -0.05) is 6.42 Å². The first kappa shape index (κ1) is 13.5. The zero-order valence-electron chi connectivity index (χ0n) is 10.4. The van der Waals surface area contributed by atoms with Gasteiger partial charge in [-0.05, 0) is 25.3 Å². The topological polar surface area (TPSA) is 106 Å². The van der Waals surface area contributed by atoms with Crippen LogP contribution in [0.15, 0.2) is 16.5 Å². The first-order valence-corrected chi connectivity index (χ1v) is 6.25. The minimum Gasteiger partial charge on any atom is -0.481 e. The van der Waals surface area contributed by atoms with Gasteiger partial charge in [0.25, 0.3) is 0 Å². The van der Waals surface area contributed by atoms with Gasteiger partial charge in [0.2, 0.25) is 0 Å². The maximum atomic E-state index is 10.9. The van der Waals surface area contributed by atoms with Crippen LogP contribution in [0.2, 0.25) is 0 Å². The first-order chi connectivity index (χ1) is 9.06. The second-order valence-corrected chi connectivity index (χ2v) is 4.78. The third kappa shape index (κ3) is 3.54. The van der Waals surface area contributed by atoms with Crippen LogP contribution in [0, 0.1) is 16.0 Å². The summed E-state index contributed by atoms with van der Waals surface area (Å²) in [5, 5.41) is 22.6. The predicted molar refractivity (Wildman–Crippen MR) is 65.6 cm³/mol. The van der Waals surface area contributed by atoms with E-state index in [0.29, 0.717) is 18.7 Å². The van der Waals surface area contributed by atoms with Gasteiger partial charge in [0.15, 0.2) is 0 Å². The molecule has 0 aromatic carbocycles. The van der Waals surface area contributed by atoms with Crippen molar-refractivity contribution in [2.45, 2.75) is 38.3 Å². The van der Waals surface area contributed by atoms with Gasteiger partial charge < -0.3 is 14.8 Å². The van der Waals surface area contributed by atoms with Crippen LogP contribution in [-0.4, -0.2) is 22.0 Å². The van der Waals surface area contributed by atoms with Crippen molar-refractivity contribution in [3.05, 3.63) is 28.0 Å². The molecule has 0 amide bonds. The molecule has 2 N–H and O–H groups in total. The predicted octanol–water partition coefficient (Wildman–Crippen LogP) is 1.92. The van der Waals surface area contributed by atoms with Crippen molar-refractivity contribution in [3.8, 4) is 0 Å². The van der Waals surface area contributed by atoms with E-state index in [1.165, 1.54) is 6.07 Å². The Labute approximate surface area is 109 Å². The lowest BCUT2D eigenvalue weighted by Gasteiger charge is -2.27. The fourth-order valence-electron chi connectivity index (χ4n) is 2.40. The molecular formula is C12H16N2O5. The van der Waals surface area contributed by atoms with Gasteiger partial charge in [0, 0.05) is 6.04 Å². The molecule has 1 saturated carbocycles. The quantitative estimate of drug-likeness (QED) is 0.624. The van der Waals surface area contributed by atoms with Crippen LogP contribution in [0.1, 0.15) is 31.4 Å². The standard InChI is InChI=1S/C12H16N2O5/c15-12(16)8-2-1-3-9(6-8)13-7-10-4-5-11(19-10)14(17)18/h4-5,8-9,13H,1-3,6-7H2,(H,15,16). The summed E-state index contributed by atoms with van der Waals surface area (Å²) < 4.78 is 5.03. The van der Waals surface area contributed by atoms with Gasteiger partial charge in [-0.3, -0.25) is 14.9 Å². The molecule has 1 heterocycles. The molecule has 1 fully saturated rings. The lowest BCUT2D eigenvalue weighted by Crippen LogP contribution is -2.35. The summed E-state index contributed by atoms with van der Waals surface area (Å²) in [6.45, 7) is 0.380.